The zero-order chi connectivity index (χ0) is 4.57. The van der Waals surface area contributed by atoms with Crippen LogP contribution in [-0.4, -0.2) is 51.5 Å². The first-order valence-corrected chi connectivity index (χ1v) is 5.54. The van der Waals surface area contributed by atoms with Gasteiger partial charge in [-0.05, 0) is 0 Å². The molecule has 6 heavy (non-hydrogen) atoms. The summed E-state index contributed by atoms with van der Waals surface area (Å²) in [6, 6.07) is 0. The summed E-state index contributed by atoms with van der Waals surface area (Å²) in [4.78, 5) is 0. The first kappa shape index (κ1) is 5.15. The molecule has 32 valence electrons. The van der Waals surface area contributed by atoms with Gasteiger partial charge in [0.2, 0.25) is 0 Å². The molecule has 1 saturated heterocycles. The Kier molecular flexibility index (Phi) is 1.59. The van der Waals surface area contributed by atoms with Crippen molar-refractivity contribution in [2.24, 2.45) is 0 Å². The standard InChI is InChI=1S/C2H6Ge2N2/c1-5-3-6(2)4-5/h1-2H3. The second kappa shape index (κ2) is 1.86. The molecule has 0 aromatic heterocycles. The van der Waals surface area contributed by atoms with E-state index in [2.05, 4.69) is 19.7 Å². The molecule has 1 fully saturated rings. The van der Waals surface area contributed by atoms with Crippen LogP contribution < -0.4 is 0 Å². The molecule has 0 atom stereocenters. The third-order valence-electron chi connectivity index (χ3n) is 0.600. The van der Waals surface area contributed by atoms with E-state index < -0.39 is 0 Å². The van der Waals surface area contributed by atoms with Crippen LogP contribution in [0.4, 0.5) is 0 Å². The minimum atomic E-state index is 0.278. The molecule has 1 heterocycles. The molecule has 0 spiro atoms. The van der Waals surface area contributed by atoms with Crippen LogP contribution >= 0.6 is 0 Å². The Morgan fingerprint density at radius 3 is 1.33 bits per heavy atom. The van der Waals surface area contributed by atoms with Crippen molar-refractivity contribution in [3.63, 3.8) is 0 Å². The van der Waals surface area contributed by atoms with Gasteiger partial charge in [0, 0.05) is 0 Å². The zero-order valence-electron chi connectivity index (χ0n) is 3.89. The Labute approximate surface area is 51.7 Å². The van der Waals surface area contributed by atoms with Gasteiger partial charge in [0.05, 0.1) is 0 Å². The van der Waals surface area contributed by atoms with Crippen molar-refractivity contribution < 1.29 is 0 Å². The summed E-state index contributed by atoms with van der Waals surface area (Å²) in [5, 5.41) is 0. The molecule has 1 rings (SSSR count). The quantitative estimate of drug-likeness (QED) is 0.463. The van der Waals surface area contributed by atoms with E-state index in [-0.39, 0.29) is 31.8 Å². The molecule has 0 bridgehead atoms. The maximum atomic E-state index is 2.50. The van der Waals surface area contributed by atoms with Crippen molar-refractivity contribution in [2.75, 3.05) is 14.1 Å². The predicted octanol–water partition coefficient (Wildman–Crippen LogP) is -1.07. The summed E-state index contributed by atoms with van der Waals surface area (Å²) in [6.45, 7) is 0. The van der Waals surface area contributed by atoms with Gasteiger partial charge in [0.25, 0.3) is 0 Å². The van der Waals surface area contributed by atoms with Crippen molar-refractivity contribution in [1.29, 1.82) is 0 Å². The van der Waals surface area contributed by atoms with Gasteiger partial charge in [-0.3, -0.25) is 0 Å². The monoisotopic (exact) mass is 206 g/mol. The molecule has 0 unspecified atom stereocenters. The number of nitrogens with zero attached hydrogens (tertiary/aromatic N) is 2. The van der Waals surface area contributed by atoms with Crippen LogP contribution in [0.3, 0.4) is 0 Å². The number of hydrogen-bond donors (Lipinski definition) is 0. The molecule has 0 saturated carbocycles. The zero-order valence-corrected chi connectivity index (χ0v) is 8.09. The van der Waals surface area contributed by atoms with Crippen molar-refractivity contribution in [3.8, 4) is 0 Å². The van der Waals surface area contributed by atoms with Crippen LogP contribution in [0.2, 0.25) is 0 Å². The fraction of sp³-hybridized carbons (Fsp3) is 1.00. The number of hydrogen-bond acceptors (Lipinski definition) is 2. The van der Waals surface area contributed by atoms with E-state index >= 15 is 0 Å². The minimum absolute atomic E-state index is 0.278. The van der Waals surface area contributed by atoms with Crippen molar-refractivity contribution in [3.05, 3.63) is 0 Å². The Balaban J connectivity index is 2.11. The summed E-state index contributed by atoms with van der Waals surface area (Å²) < 4.78 is 5.00. The van der Waals surface area contributed by atoms with Crippen LogP contribution in [0.1, 0.15) is 0 Å². The Bertz CT molecular complexity index is 45.5. The van der Waals surface area contributed by atoms with Gasteiger partial charge >= 0.3 is 51.5 Å². The molecule has 1 aliphatic rings. The van der Waals surface area contributed by atoms with Gasteiger partial charge in [-0.15, -0.1) is 0 Å². The Hall–Kier alpha value is 1.01. The SMILES string of the molecule is C[N]1[Ge][N](C)[Ge]1. The first-order valence-electron chi connectivity index (χ1n) is 1.79. The average Bonchev–Trinajstić information content (AvgIpc) is 1.33. The van der Waals surface area contributed by atoms with Crippen LogP contribution in [0.25, 0.3) is 0 Å². The third kappa shape index (κ3) is 0.990. The summed E-state index contributed by atoms with van der Waals surface area (Å²) in [7, 11) is 4.44. The Morgan fingerprint density at radius 1 is 1.00 bits per heavy atom. The molecule has 4 radical (unpaired) electrons. The normalized spacial score (nSPS) is 27.0. The molecule has 0 aliphatic carbocycles. The van der Waals surface area contributed by atoms with Crippen molar-refractivity contribution in [2.45, 2.75) is 0 Å². The van der Waals surface area contributed by atoms with Gasteiger partial charge < -0.3 is 0 Å². The summed E-state index contributed by atoms with van der Waals surface area (Å²) >= 11 is 0.556. The molecule has 0 aromatic rings. The van der Waals surface area contributed by atoms with E-state index in [1.807, 2.05) is 0 Å². The van der Waals surface area contributed by atoms with E-state index in [0.29, 0.717) is 0 Å². The van der Waals surface area contributed by atoms with E-state index in [0.717, 1.165) is 0 Å². The molecule has 0 N–H and O–H groups in total. The molecule has 2 nitrogen and oxygen atoms in total. The fourth-order valence-corrected chi connectivity index (χ4v) is 7.79. The summed E-state index contributed by atoms with van der Waals surface area (Å²) in [6.07, 6.45) is 0. The van der Waals surface area contributed by atoms with Crippen molar-refractivity contribution in [1.82, 2.24) is 5.63 Å². The molecular weight excluding hydrogens is 197 g/mol. The van der Waals surface area contributed by atoms with Gasteiger partial charge in [-0.25, -0.2) is 0 Å². The van der Waals surface area contributed by atoms with Gasteiger partial charge in [0.15, 0.2) is 0 Å². The second-order valence-corrected chi connectivity index (χ2v) is 11.7. The van der Waals surface area contributed by atoms with Crippen LogP contribution in [-0.2, 0) is 0 Å². The van der Waals surface area contributed by atoms with Gasteiger partial charge in [-0.2, -0.15) is 0 Å². The van der Waals surface area contributed by atoms with Crippen LogP contribution in [0.5, 0.6) is 0 Å². The maximum absolute atomic E-state index is 2.50. The Morgan fingerprint density at radius 2 is 1.33 bits per heavy atom. The van der Waals surface area contributed by atoms with E-state index in [1.54, 1.807) is 0 Å². The van der Waals surface area contributed by atoms with Crippen LogP contribution in [0.15, 0.2) is 0 Å². The third-order valence-corrected chi connectivity index (χ3v) is 7.48. The molecule has 0 aromatic carbocycles. The predicted molar refractivity (Wildman–Crippen MR) is 27.0 cm³/mol. The molecule has 4 heteroatoms. The van der Waals surface area contributed by atoms with Gasteiger partial charge in [0.1, 0.15) is 0 Å². The second-order valence-electron chi connectivity index (χ2n) is 1.32. The van der Waals surface area contributed by atoms with E-state index in [9.17, 15) is 0 Å². The van der Waals surface area contributed by atoms with E-state index in [1.165, 1.54) is 0 Å². The van der Waals surface area contributed by atoms with E-state index in [4.69, 9.17) is 0 Å². The fourth-order valence-electron chi connectivity index (χ4n) is 0.450. The topological polar surface area (TPSA) is 6.48 Å². The van der Waals surface area contributed by atoms with Crippen LogP contribution in [0, 0.1) is 0 Å². The first-order chi connectivity index (χ1) is 2.79. The van der Waals surface area contributed by atoms with Gasteiger partial charge in [-0.1, -0.05) is 0 Å². The molecule has 0 amide bonds. The average molecular weight is 203 g/mol. The summed E-state index contributed by atoms with van der Waals surface area (Å²) in [5.41, 5.74) is 0. The molecular formula is C2H6Ge2N2. The summed E-state index contributed by atoms with van der Waals surface area (Å²) in [5.74, 6) is 0. The van der Waals surface area contributed by atoms with Crippen molar-refractivity contribution >= 4 is 31.8 Å². The number of rotatable bonds is 0. The molecule has 1 aliphatic heterocycles.